The van der Waals surface area contributed by atoms with Gasteiger partial charge in [-0.05, 0) is 31.9 Å². The lowest BCUT2D eigenvalue weighted by atomic mass is 10.1. The Morgan fingerprint density at radius 1 is 1.20 bits per heavy atom. The summed E-state index contributed by atoms with van der Waals surface area (Å²) in [5.41, 5.74) is 8.23. The van der Waals surface area contributed by atoms with Crippen molar-refractivity contribution in [2.45, 2.75) is 39.0 Å². The summed E-state index contributed by atoms with van der Waals surface area (Å²) in [6.07, 6.45) is 6.10. The number of para-hydroxylation sites is 1. The molecule has 1 fully saturated rings. The number of ether oxygens (including phenoxy) is 1. The lowest BCUT2D eigenvalue weighted by molar-refractivity contribution is 0.0527. The molecule has 0 radical (unpaired) electrons. The van der Waals surface area contributed by atoms with Gasteiger partial charge in [-0.15, -0.1) is 0 Å². The highest BCUT2D eigenvalue weighted by molar-refractivity contribution is 5.99. The van der Waals surface area contributed by atoms with Crippen molar-refractivity contribution in [1.29, 1.82) is 0 Å². The second-order valence-corrected chi connectivity index (χ2v) is 5.22. The quantitative estimate of drug-likeness (QED) is 0.680. The van der Waals surface area contributed by atoms with Gasteiger partial charge in [0.05, 0.1) is 23.5 Å². The van der Waals surface area contributed by atoms with E-state index in [2.05, 4.69) is 4.90 Å². The van der Waals surface area contributed by atoms with Crippen LogP contribution in [-0.4, -0.2) is 25.7 Å². The molecular weight excluding hydrogens is 252 g/mol. The van der Waals surface area contributed by atoms with E-state index < -0.39 is 0 Å². The van der Waals surface area contributed by atoms with Gasteiger partial charge in [-0.25, -0.2) is 4.79 Å². The monoisotopic (exact) mass is 276 g/mol. The molecule has 0 aliphatic carbocycles. The van der Waals surface area contributed by atoms with Crippen LogP contribution in [0.15, 0.2) is 18.2 Å². The van der Waals surface area contributed by atoms with Crippen LogP contribution in [0.2, 0.25) is 0 Å². The van der Waals surface area contributed by atoms with Gasteiger partial charge in [0.1, 0.15) is 0 Å². The molecule has 0 saturated carbocycles. The minimum Gasteiger partial charge on any atom is -0.462 e. The van der Waals surface area contributed by atoms with Crippen LogP contribution < -0.4 is 10.6 Å². The van der Waals surface area contributed by atoms with Crippen LogP contribution in [-0.2, 0) is 4.74 Å². The summed E-state index contributed by atoms with van der Waals surface area (Å²) < 4.78 is 5.15. The molecule has 0 amide bonds. The van der Waals surface area contributed by atoms with Gasteiger partial charge in [0, 0.05) is 13.1 Å². The lowest BCUT2D eigenvalue weighted by Crippen LogP contribution is -2.29. The Hall–Kier alpha value is -1.71. The Morgan fingerprint density at radius 2 is 1.85 bits per heavy atom. The Kier molecular flexibility index (Phi) is 5.27. The molecule has 1 aromatic carbocycles. The minimum atomic E-state index is -0.281. The molecule has 1 heterocycles. The number of nitrogens with two attached hydrogens (primary N) is 1. The Morgan fingerprint density at radius 3 is 2.50 bits per heavy atom. The van der Waals surface area contributed by atoms with Gasteiger partial charge >= 0.3 is 5.97 Å². The van der Waals surface area contributed by atoms with E-state index in [1.54, 1.807) is 0 Å². The zero-order chi connectivity index (χ0) is 14.4. The first-order chi connectivity index (χ1) is 9.74. The van der Waals surface area contributed by atoms with E-state index in [4.69, 9.17) is 10.5 Å². The summed E-state index contributed by atoms with van der Waals surface area (Å²) in [4.78, 5) is 14.4. The molecule has 110 valence electrons. The van der Waals surface area contributed by atoms with E-state index in [0.29, 0.717) is 17.9 Å². The van der Waals surface area contributed by atoms with Crippen LogP contribution >= 0.6 is 0 Å². The Balaban J connectivity index is 2.30. The molecular formula is C16H24N2O2. The number of nitrogen functional groups attached to an aromatic ring is 1. The van der Waals surface area contributed by atoms with Crippen LogP contribution in [0.3, 0.4) is 0 Å². The van der Waals surface area contributed by atoms with Crippen molar-refractivity contribution in [2.75, 3.05) is 30.3 Å². The predicted octanol–water partition coefficient (Wildman–Crippen LogP) is 3.22. The molecule has 2 rings (SSSR count). The third kappa shape index (κ3) is 3.44. The van der Waals surface area contributed by atoms with Gasteiger partial charge < -0.3 is 15.4 Å². The third-order valence-corrected chi connectivity index (χ3v) is 3.73. The molecule has 0 spiro atoms. The van der Waals surface area contributed by atoms with Gasteiger partial charge in [0.2, 0.25) is 0 Å². The van der Waals surface area contributed by atoms with E-state index in [1.165, 1.54) is 19.3 Å². The number of esters is 1. The number of nitrogens with zero attached hydrogens (tertiary/aromatic N) is 1. The van der Waals surface area contributed by atoms with Crippen LogP contribution in [0.1, 0.15) is 49.4 Å². The molecule has 2 N–H and O–H groups in total. The topological polar surface area (TPSA) is 55.6 Å². The maximum atomic E-state index is 12.1. The van der Waals surface area contributed by atoms with Gasteiger partial charge in [-0.3, -0.25) is 0 Å². The zero-order valence-electron chi connectivity index (χ0n) is 12.2. The molecule has 0 bridgehead atoms. The summed E-state index contributed by atoms with van der Waals surface area (Å²) in [5, 5.41) is 0. The lowest BCUT2D eigenvalue weighted by Gasteiger charge is -2.29. The number of rotatable bonds is 3. The average molecular weight is 276 g/mol. The molecule has 0 atom stereocenters. The first kappa shape index (κ1) is 14.7. The van der Waals surface area contributed by atoms with E-state index in [-0.39, 0.29) is 5.97 Å². The maximum Gasteiger partial charge on any atom is 0.340 e. The van der Waals surface area contributed by atoms with Gasteiger partial charge in [-0.2, -0.15) is 0 Å². The van der Waals surface area contributed by atoms with Crippen molar-refractivity contribution < 1.29 is 9.53 Å². The van der Waals surface area contributed by atoms with Crippen molar-refractivity contribution in [2.24, 2.45) is 0 Å². The number of carbonyl (C=O) groups excluding carboxylic acids is 1. The van der Waals surface area contributed by atoms with Crippen LogP contribution in [0, 0.1) is 0 Å². The summed E-state index contributed by atoms with van der Waals surface area (Å²) in [7, 11) is 0. The Labute approximate surface area is 120 Å². The van der Waals surface area contributed by atoms with E-state index in [1.807, 2.05) is 25.1 Å². The highest BCUT2D eigenvalue weighted by Gasteiger charge is 2.20. The summed E-state index contributed by atoms with van der Waals surface area (Å²) >= 11 is 0. The van der Waals surface area contributed by atoms with Gasteiger partial charge in [0.25, 0.3) is 0 Å². The number of hydrogen-bond donors (Lipinski definition) is 1. The fourth-order valence-corrected chi connectivity index (χ4v) is 2.76. The van der Waals surface area contributed by atoms with Crippen molar-refractivity contribution in [1.82, 2.24) is 0 Å². The minimum absolute atomic E-state index is 0.281. The average Bonchev–Trinajstić information content (AvgIpc) is 2.39. The molecule has 0 aromatic heterocycles. The molecule has 0 unspecified atom stereocenters. The summed E-state index contributed by atoms with van der Waals surface area (Å²) in [6.45, 7) is 4.12. The number of anilines is 2. The normalized spacial score (nSPS) is 16.4. The smallest absolute Gasteiger partial charge is 0.340 e. The molecule has 1 aliphatic heterocycles. The second kappa shape index (κ2) is 7.17. The second-order valence-electron chi connectivity index (χ2n) is 5.22. The highest BCUT2D eigenvalue weighted by atomic mass is 16.5. The van der Waals surface area contributed by atoms with Crippen molar-refractivity contribution >= 4 is 17.3 Å². The molecule has 4 nitrogen and oxygen atoms in total. The standard InChI is InChI=1S/C16H24N2O2/c1-2-20-16(19)13-9-8-10-14(17)15(13)18-11-6-4-3-5-7-12-18/h8-10H,2-7,11-12,17H2,1H3. The SMILES string of the molecule is CCOC(=O)c1cccc(N)c1N1CCCCCCC1. The van der Waals surface area contributed by atoms with Crippen LogP contribution in [0.4, 0.5) is 11.4 Å². The van der Waals surface area contributed by atoms with Gasteiger partial charge in [0.15, 0.2) is 0 Å². The third-order valence-electron chi connectivity index (χ3n) is 3.73. The van der Waals surface area contributed by atoms with E-state index in [9.17, 15) is 4.79 Å². The van der Waals surface area contributed by atoms with Crippen LogP contribution in [0.5, 0.6) is 0 Å². The molecule has 4 heteroatoms. The Bertz CT molecular complexity index is 452. The number of carbonyl (C=O) groups is 1. The molecule has 1 saturated heterocycles. The van der Waals surface area contributed by atoms with E-state index >= 15 is 0 Å². The summed E-state index contributed by atoms with van der Waals surface area (Å²) in [6, 6.07) is 5.48. The predicted molar refractivity (Wildman–Crippen MR) is 82.1 cm³/mol. The number of benzene rings is 1. The van der Waals surface area contributed by atoms with Crippen molar-refractivity contribution in [3.63, 3.8) is 0 Å². The van der Waals surface area contributed by atoms with E-state index in [0.717, 1.165) is 31.6 Å². The zero-order valence-corrected chi connectivity index (χ0v) is 12.2. The van der Waals surface area contributed by atoms with Gasteiger partial charge in [-0.1, -0.05) is 25.3 Å². The molecule has 1 aromatic rings. The molecule has 1 aliphatic rings. The van der Waals surface area contributed by atoms with Crippen molar-refractivity contribution in [3.8, 4) is 0 Å². The van der Waals surface area contributed by atoms with Crippen LogP contribution in [0.25, 0.3) is 0 Å². The maximum absolute atomic E-state index is 12.1. The van der Waals surface area contributed by atoms with Crippen molar-refractivity contribution in [3.05, 3.63) is 23.8 Å². The fraction of sp³-hybridized carbons (Fsp3) is 0.562. The fourth-order valence-electron chi connectivity index (χ4n) is 2.76. The first-order valence-corrected chi connectivity index (χ1v) is 7.54. The number of hydrogen-bond acceptors (Lipinski definition) is 4. The molecule has 20 heavy (non-hydrogen) atoms. The summed E-state index contributed by atoms with van der Waals surface area (Å²) in [5.74, 6) is -0.281. The first-order valence-electron chi connectivity index (χ1n) is 7.54. The highest BCUT2D eigenvalue weighted by Crippen LogP contribution is 2.30. The largest absolute Gasteiger partial charge is 0.462 e.